The molecule has 0 bridgehead atoms. The second-order valence-electron chi connectivity index (χ2n) is 6.54. The minimum absolute atomic E-state index is 0.0345. The van der Waals surface area contributed by atoms with Crippen LogP contribution in [-0.2, 0) is 12.0 Å². The average molecular weight is 346 g/mol. The van der Waals surface area contributed by atoms with Crippen molar-refractivity contribution in [2.75, 3.05) is 6.54 Å². The molecule has 1 aliphatic carbocycles. The number of carbonyl (C=O) groups excluding carboxylic acids is 1. The fourth-order valence-electron chi connectivity index (χ4n) is 3.10. The molecule has 0 aromatic heterocycles. The number of halogens is 2. The van der Waals surface area contributed by atoms with Crippen LogP contribution in [0.2, 0.25) is 0 Å². The first-order chi connectivity index (χ1) is 11.8. The van der Waals surface area contributed by atoms with E-state index < -0.39 is 17.4 Å². The van der Waals surface area contributed by atoms with Gasteiger partial charge in [0.2, 0.25) is 0 Å². The van der Waals surface area contributed by atoms with E-state index in [0.29, 0.717) is 12.0 Å². The van der Waals surface area contributed by atoms with Gasteiger partial charge in [-0.15, -0.1) is 0 Å². The van der Waals surface area contributed by atoms with Crippen LogP contribution in [0.25, 0.3) is 0 Å². The van der Waals surface area contributed by atoms with E-state index in [1.165, 1.54) is 36.4 Å². The van der Waals surface area contributed by atoms with Crippen molar-refractivity contribution in [1.82, 2.24) is 10.6 Å². The van der Waals surface area contributed by atoms with Crippen LogP contribution >= 0.6 is 0 Å². The Morgan fingerprint density at radius 3 is 2.60 bits per heavy atom. The molecule has 0 saturated carbocycles. The molecule has 0 fully saturated rings. The third-order valence-electron chi connectivity index (χ3n) is 4.55. The molecule has 132 valence electrons. The zero-order valence-electron chi connectivity index (χ0n) is 13.9. The van der Waals surface area contributed by atoms with E-state index in [-0.39, 0.29) is 18.4 Å². The SMILES string of the molecule is CC(O)(CNC(=O)NC1CCc2ccc(F)cc21)c1ccc(F)cc1. The van der Waals surface area contributed by atoms with Crippen LogP contribution in [0.15, 0.2) is 42.5 Å². The molecule has 1 aliphatic rings. The molecule has 3 N–H and O–H groups in total. The molecule has 3 rings (SSSR count). The molecule has 0 heterocycles. The van der Waals surface area contributed by atoms with Gasteiger partial charge >= 0.3 is 6.03 Å². The molecule has 2 unspecified atom stereocenters. The number of rotatable bonds is 4. The van der Waals surface area contributed by atoms with Crippen LogP contribution < -0.4 is 10.6 Å². The lowest BCUT2D eigenvalue weighted by atomic mass is 9.96. The van der Waals surface area contributed by atoms with Gasteiger partial charge < -0.3 is 15.7 Å². The fourth-order valence-corrected chi connectivity index (χ4v) is 3.10. The molecule has 2 aromatic carbocycles. The summed E-state index contributed by atoms with van der Waals surface area (Å²) in [7, 11) is 0. The lowest BCUT2D eigenvalue weighted by molar-refractivity contribution is 0.0592. The molecular formula is C19H20F2N2O2. The lowest BCUT2D eigenvalue weighted by Gasteiger charge is -2.25. The highest BCUT2D eigenvalue weighted by atomic mass is 19.1. The van der Waals surface area contributed by atoms with E-state index in [9.17, 15) is 18.7 Å². The van der Waals surface area contributed by atoms with Crippen LogP contribution in [0, 0.1) is 11.6 Å². The smallest absolute Gasteiger partial charge is 0.315 e. The number of urea groups is 1. The first kappa shape index (κ1) is 17.4. The number of hydrogen-bond acceptors (Lipinski definition) is 2. The van der Waals surface area contributed by atoms with Crippen molar-refractivity contribution in [3.8, 4) is 0 Å². The Morgan fingerprint density at radius 1 is 1.20 bits per heavy atom. The zero-order valence-corrected chi connectivity index (χ0v) is 13.9. The highest BCUT2D eigenvalue weighted by Gasteiger charge is 2.27. The predicted molar refractivity (Wildman–Crippen MR) is 90.0 cm³/mol. The molecule has 0 saturated heterocycles. The third kappa shape index (κ3) is 3.96. The summed E-state index contributed by atoms with van der Waals surface area (Å²) in [5, 5.41) is 15.9. The minimum atomic E-state index is -1.33. The normalized spacial score (nSPS) is 18.3. The number of carbonyl (C=O) groups is 1. The van der Waals surface area contributed by atoms with Crippen LogP contribution in [0.3, 0.4) is 0 Å². The van der Waals surface area contributed by atoms with Gasteiger partial charge in [-0.3, -0.25) is 0 Å². The van der Waals surface area contributed by atoms with Gasteiger partial charge in [-0.05, 0) is 60.7 Å². The van der Waals surface area contributed by atoms with E-state index in [4.69, 9.17) is 0 Å². The van der Waals surface area contributed by atoms with Gasteiger partial charge in [-0.1, -0.05) is 18.2 Å². The van der Waals surface area contributed by atoms with Gasteiger partial charge in [0.15, 0.2) is 0 Å². The second kappa shape index (κ2) is 6.80. The Kier molecular flexibility index (Phi) is 4.72. The van der Waals surface area contributed by atoms with Crippen LogP contribution in [-0.4, -0.2) is 17.7 Å². The number of aliphatic hydroxyl groups is 1. The van der Waals surface area contributed by atoms with Crippen molar-refractivity contribution in [3.05, 3.63) is 70.8 Å². The molecule has 2 amide bonds. The molecule has 0 spiro atoms. The summed E-state index contributed by atoms with van der Waals surface area (Å²) < 4.78 is 26.4. The predicted octanol–water partition coefficient (Wildman–Crippen LogP) is 3.16. The van der Waals surface area contributed by atoms with E-state index in [1.807, 2.05) is 0 Å². The van der Waals surface area contributed by atoms with Crippen molar-refractivity contribution in [2.45, 2.75) is 31.4 Å². The standard InChI is InChI=1S/C19H20F2N2O2/c1-19(25,13-4-7-14(20)8-5-13)11-22-18(24)23-17-9-3-12-2-6-15(21)10-16(12)17/h2,4-8,10,17,25H,3,9,11H2,1H3,(H2,22,23,24). The Morgan fingerprint density at radius 2 is 1.88 bits per heavy atom. The average Bonchev–Trinajstić information content (AvgIpc) is 2.96. The molecule has 4 nitrogen and oxygen atoms in total. The Bertz CT molecular complexity index is 775. The van der Waals surface area contributed by atoms with Gasteiger partial charge in [-0.25, -0.2) is 13.6 Å². The number of hydrogen-bond donors (Lipinski definition) is 3. The van der Waals surface area contributed by atoms with Gasteiger partial charge in [0.25, 0.3) is 0 Å². The fraction of sp³-hybridized carbons (Fsp3) is 0.316. The van der Waals surface area contributed by atoms with Crippen molar-refractivity contribution in [1.29, 1.82) is 0 Å². The largest absolute Gasteiger partial charge is 0.384 e. The summed E-state index contributed by atoms with van der Waals surface area (Å²) in [6, 6.07) is 9.38. The molecule has 25 heavy (non-hydrogen) atoms. The monoisotopic (exact) mass is 346 g/mol. The van der Waals surface area contributed by atoms with Crippen LogP contribution in [0.5, 0.6) is 0 Å². The van der Waals surface area contributed by atoms with Crippen molar-refractivity contribution >= 4 is 6.03 Å². The minimum Gasteiger partial charge on any atom is -0.384 e. The number of aryl methyl sites for hydroxylation is 1. The van der Waals surface area contributed by atoms with Gasteiger partial charge in [0.1, 0.15) is 17.2 Å². The first-order valence-electron chi connectivity index (χ1n) is 8.16. The third-order valence-corrected chi connectivity index (χ3v) is 4.55. The van der Waals surface area contributed by atoms with E-state index >= 15 is 0 Å². The quantitative estimate of drug-likeness (QED) is 0.796. The zero-order chi connectivity index (χ0) is 18.0. The van der Waals surface area contributed by atoms with Crippen LogP contribution in [0.4, 0.5) is 13.6 Å². The lowest BCUT2D eigenvalue weighted by Crippen LogP contribution is -2.44. The van der Waals surface area contributed by atoms with Gasteiger partial charge in [0, 0.05) is 0 Å². The van der Waals surface area contributed by atoms with Gasteiger partial charge in [0.05, 0.1) is 12.6 Å². The van der Waals surface area contributed by atoms with Crippen LogP contribution in [0.1, 0.15) is 36.1 Å². The maximum atomic E-state index is 13.4. The first-order valence-corrected chi connectivity index (χ1v) is 8.16. The summed E-state index contributed by atoms with van der Waals surface area (Å²) in [5.74, 6) is -0.718. The molecule has 0 aliphatic heterocycles. The Labute approximate surface area is 144 Å². The Balaban J connectivity index is 1.59. The molecule has 2 aromatic rings. The molecule has 2 atom stereocenters. The number of nitrogens with one attached hydrogen (secondary N) is 2. The number of amides is 2. The van der Waals surface area contributed by atoms with Crippen molar-refractivity contribution < 1.29 is 18.7 Å². The summed E-state index contributed by atoms with van der Waals surface area (Å²) in [4.78, 5) is 12.1. The topological polar surface area (TPSA) is 61.4 Å². The summed E-state index contributed by atoms with van der Waals surface area (Å²) >= 11 is 0. The summed E-state index contributed by atoms with van der Waals surface area (Å²) in [6.45, 7) is 1.51. The number of benzene rings is 2. The van der Waals surface area contributed by atoms with E-state index in [1.54, 1.807) is 13.0 Å². The molecular weight excluding hydrogens is 326 g/mol. The summed E-state index contributed by atoms with van der Waals surface area (Å²) in [6.07, 6.45) is 1.49. The van der Waals surface area contributed by atoms with Crippen molar-refractivity contribution in [3.63, 3.8) is 0 Å². The summed E-state index contributed by atoms with van der Waals surface area (Å²) in [5.41, 5.74) is 0.998. The molecule has 6 heteroatoms. The Hall–Kier alpha value is -2.47. The number of fused-ring (bicyclic) bond motifs is 1. The highest BCUT2D eigenvalue weighted by Crippen LogP contribution is 2.31. The van der Waals surface area contributed by atoms with E-state index in [2.05, 4.69) is 10.6 Å². The molecule has 0 radical (unpaired) electrons. The maximum Gasteiger partial charge on any atom is 0.315 e. The van der Waals surface area contributed by atoms with Gasteiger partial charge in [-0.2, -0.15) is 0 Å². The second-order valence-corrected chi connectivity index (χ2v) is 6.54. The maximum absolute atomic E-state index is 13.4. The van der Waals surface area contributed by atoms with E-state index in [0.717, 1.165) is 17.5 Å². The highest BCUT2D eigenvalue weighted by molar-refractivity contribution is 5.74. The van der Waals surface area contributed by atoms with Crippen molar-refractivity contribution in [2.24, 2.45) is 0 Å².